The Balaban J connectivity index is 2.73. The third-order valence-electron chi connectivity index (χ3n) is 1.93. The van der Waals surface area contributed by atoms with E-state index in [2.05, 4.69) is 38.4 Å². The lowest BCUT2D eigenvalue weighted by molar-refractivity contribution is 0.800. The summed E-state index contributed by atoms with van der Waals surface area (Å²) in [7, 11) is 0. The summed E-state index contributed by atoms with van der Waals surface area (Å²) in [6.45, 7) is 6.42. The molecular weight excluding hydrogens is 110 g/mol. The number of hydrogen-bond donors (Lipinski definition) is 1. The minimum atomic E-state index is 0.606. The van der Waals surface area contributed by atoms with Gasteiger partial charge >= 0.3 is 0 Å². The molecule has 1 N–H and O–H groups in total. The van der Waals surface area contributed by atoms with E-state index < -0.39 is 0 Å². The molecule has 9 heavy (non-hydrogen) atoms. The molecule has 50 valence electrons. The highest BCUT2D eigenvalue weighted by molar-refractivity contribution is 5.25. The van der Waals surface area contributed by atoms with Crippen molar-refractivity contribution in [3.8, 4) is 0 Å². The van der Waals surface area contributed by atoms with Crippen LogP contribution < -0.4 is 5.32 Å². The second-order valence-electron chi connectivity index (χ2n) is 2.50. The molecule has 0 amide bonds. The molecule has 0 radical (unpaired) electrons. The average molecular weight is 123 g/mol. The van der Waals surface area contributed by atoms with E-state index in [0.717, 1.165) is 0 Å². The fourth-order valence-corrected chi connectivity index (χ4v) is 1.03. The first-order chi connectivity index (χ1) is 4.25. The lowest BCUT2D eigenvalue weighted by Crippen LogP contribution is -2.03. The van der Waals surface area contributed by atoms with Crippen LogP contribution in [0.5, 0.6) is 0 Å². The fraction of sp³-hybridized carbons (Fsp3) is 0.500. The highest BCUT2D eigenvalue weighted by Crippen LogP contribution is 2.21. The van der Waals surface area contributed by atoms with Gasteiger partial charge in [-0.05, 0) is 19.4 Å². The van der Waals surface area contributed by atoms with E-state index in [4.69, 9.17) is 0 Å². The van der Waals surface area contributed by atoms with Crippen molar-refractivity contribution in [1.82, 2.24) is 5.32 Å². The van der Waals surface area contributed by atoms with Gasteiger partial charge in [0.05, 0.1) is 0 Å². The largest absolute Gasteiger partial charge is 0.365 e. The minimum absolute atomic E-state index is 0.606. The third kappa shape index (κ3) is 0.995. The Labute approximate surface area is 56.5 Å². The van der Waals surface area contributed by atoms with Crippen LogP contribution in [0.2, 0.25) is 0 Å². The number of allylic oxidation sites excluding steroid dienone is 2. The molecule has 0 aromatic heterocycles. The lowest BCUT2D eigenvalue weighted by atomic mass is 10.0. The maximum absolute atomic E-state index is 3.20. The van der Waals surface area contributed by atoms with Crippen LogP contribution in [0.4, 0.5) is 0 Å². The summed E-state index contributed by atoms with van der Waals surface area (Å²) in [4.78, 5) is 0. The van der Waals surface area contributed by atoms with Crippen LogP contribution in [0.15, 0.2) is 23.5 Å². The molecule has 0 aromatic rings. The Morgan fingerprint density at radius 3 is 2.56 bits per heavy atom. The molecule has 1 atom stereocenters. The SMILES string of the molecule is C/C=C1/NC=C(C)C1C. The van der Waals surface area contributed by atoms with Gasteiger partial charge in [0.15, 0.2) is 0 Å². The summed E-state index contributed by atoms with van der Waals surface area (Å²) in [6, 6.07) is 0. The first-order valence-electron chi connectivity index (χ1n) is 3.35. The molecule has 0 aromatic carbocycles. The molecule has 1 aliphatic heterocycles. The molecule has 1 rings (SSSR count). The molecule has 1 heterocycles. The van der Waals surface area contributed by atoms with E-state index in [9.17, 15) is 0 Å². The molecule has 0 spiro atoms. The Kier molecular flexibility index (Phi) is 1.60. The molecule has 0 saturated carbocycles. The maximum Gasteiger partial charge on any atom is 0.0182 e. The molecule has 0 fully saturated rings. The van der Waals surface area contributed by atoms with Gasteiger partial charge in [0.2, 0.25) is 0 Å². The van der Waals surface area contributed by atoms with Gasteiger partial charge in [0.1, 0.15) is 0 Å². The summed E-state index contributed by atoms with van der Waals surface area (Å²) in [5.74, 6) is 0.606. The van der Waals surface area contributed by atoms with Gasteiger partial charge in [-0.3, -0.25) is 0 Å². The smallest absolute Gasteiger partial charge is 0.0182 e. The highest BCUT2D eigenvalue weighted by Gasteiger charge is 2.13. The van der Waals surface area contributed by atoms with Crippen LogP contribution in [0, 0.1) is 5.92 Å². The fourth-order valence-electron chi connectivity index (χ4n) is 1.03. The van der Waals surface area contributed by atoms with E-state index in [1.807, 2.05) is 0 Å². The van der Waals surface area contributed by atoms with Crippen molar-refractivity contribution < 1.29 is 0 Å². The van der Waals surface area contributed by atoms with Crippen LogP contribution in [0.1, 0.15) is 20.8 Å². The summed E-state index contributed by atoms with van der Waals surface area (Å²) < 4.78 is 0. The average Bonchev–Trinajstić information content (AvgIpc) is 2.15. The van der Waals surface area contributed by atoms with Crippen LogP contribution in [-0.2, 0) is 0 Å². The molecule has 0 saturated heterocycles. The summed E-state index contributed by atoms with van der Waals surface area (Å²) >= 11 is 0. The zero-order chi connectivity index (χ0) is 6.85. The number of nitrogens with one attached hydrogen (secondary N) is 1. The Hall–Kier alpha value is -0.720. The van der Waals surface area contributed by atoms with Crippen LogP contribution in [0.25, 0.3) is 0 Å². The normalized spacial score (nSPS) is 30.3. The summed E-state index contributed by atoms with van der Waals surface area (Å²) in [6.07, 6.45) is 4.19. The van der Waals surface area contributed by atoms with Crippen LogP contribution in [-0.4, -0.2) is 0 Å². The standard InChI is InChI=1S/C8H13N/c1-4-8-7(3)6(2)5-9-8/h4-5,7,9H,1-3H3/b8-4+. The van der Waals surface area contributed by atoms with E-state index in [-0.39, 0.29) is 0 Å². The van der Waals surface area contributed by atoms with Crippen molar-refractivity contribution in [2.75, 3.05) is 0 Å². The van der Waals surface area contributed by atoms with E-state index in [1.165, 1.54) is 11.3 Å². The summed E-state index contributed by atoms with van der Waals surface area (Å²) in [5.41, 5.74) is 2.75. The zero-order valence-corrected chi connectivity index (χ0v) is 6.23. The molecule has 1 aliphatic rings. The predicted octanol–water partition coefficient (Wildman–Crippen LogP) is 2.03. The highest BCUT2D eigenvalue weighted by atomic mass is 14.9. The quantitative estimate of drug-likeness (QED) is 0.519. The van der Waals surface area contributed by atoms with Gasteiger partial charge < -0.3 is 5.32 Å². The number of rotatable bonds is 0. The van der Waals surface area contributed by atoms with Gasteiger partial charge in [-0.15, -0.1) is 0 Å². The zero-order valence-electron chi connectivity index (χ0n) is 6.23. The first kappa shape index (κ1) is 6.40. The van der Waals surface area contributed by atoms with E-state index in [1.54, 1.807) is 0 Å². The second kappa shape index (κ2) is 2.26. The third-order valence-corrected chi connectivity index (χ3v) is 1.93. The van der Waals surface area contributed by atoms with Gasteiger partial charge in [0, 0.05) is 17.8 Å². The van der Waals surface area contributed by atoms with Gasteiger partial charge in [0.25, 0.3) is 0 Å². The van der Waals surface area contributed by atoms with Gasteiger partial charge in [-0.1, -0.05) is 13.0 Å². The molecule has 0 aliphatic carbocycles. The topological polar surface area (TPSA) is 12.0 Å². The molecule has 0 bridgehead atoms. The van der Waals surface area contributed by atoms with E-state index in [0.29, 0.717) is 5.92 Å². The Morgan fingerprint density at radius 2 is 2.33 bits per heavy atom. The minimum Gasteiger partial charge on any atom is -0.365 e. The van der Waals surface area contributed by atoms with Crippen molar-refractivity contribution >= 4 is 0 Å². The van der Waals surface area contributed by atoms with Crippen molar-refractivity contribution in [2.45, 2.75) is 20.8 Å². The molecule has 1 heteroatoms. The molecular formula is C8H13N. The predicted molar refractivity (Wildman–Crippen MR) is 39.8 cm³/mol. The van der Waals surface area contributed by atoms with Crippen LogP contribution in [0.3, 0.4) is 0 Å². The van der Waals surface area contributed by atoms with Crippen molar-refractivity contribution in [3.05, 3.63) is 23.5 Å². The molecule has 1 nitrogen and oxygen atoms in total. The summed E-state index contributed by atoms with van der Waals surface area (Å²) in [5, 5.41) is 3.20. The first-order valence-corrected chi connectivity index (χ1v) is 3.35. The molecule has 1 unspecified atom stereocenters. The Bertz CT molecular complexity index is 165. The monoisotopic (exact) mass is 123 g/mol. The van der Waals surface area contributed by atoms with E-state index >= 15 is 0 Å². The number of hydrogen-bond acceptors (Lipinski definition) is 1. The van der Waals surface area contributed by atoms with Crippen molar-refractivity contribution in [3.63, 3.8) is 0 Å². The van der Waals surface area contributed by atoms with Crippen LogP contribution >= 0.6 is 0 Å². The maximum atomic E-state index is 3.20. The van der Waals surface area contributed by atoms with Gasteiger partial charge in [-0.25, -0.2) is 0 Å². The lowest BCUT2D eigenvalue weighted by Gasteiger charge is -2.04. The van der Waals surface area contributed by atoms with Crippen molar-refractivity contribution in [1.29, 1.82) is 0 Å². The Morgan fingerprint density at radius 1 is 1.67 bits per heavy atom. The van der Waals surface area contributed by atoms with Gasteiger partial charge in [-0.2, -0.15) is 0 Å². The second-order valence-corrected chi connectivity index (χ2v) is 2.50. The van der Waals surface area contributed by atoms with Crippen molar-refractivity contribution in [2.24, 2.45) is 5.92 Å².